The fourth-order valence-electron chi connectivity index (χ4n) is 1.76. The first-order chi connectivity index (χ1) is 8.61. The van der Waals surface area contributed by atoms with Crippen molar-refractivity contribution < 1.29 is 0 Å². The van der Waals surface area contributed by atoms with Crippen molar-refractivity contribution in [3.8, 4) is 11.4 Å². The number of alkyl halides is 1. The number of aromatic nitrogens is 2. The molecular formula is C14H14BrClN2. The van der Waals surface area contributed by atoms with Gasteiger partial charge in [0.05, 0.1) is 11.6 Å². The van der Waals surface area contributed by atoms with E-state index in [1.165, 1.54) is 0 Å². The first-order valence-corrected chi connectivity index (χ1v) is 7.12. The van der Waals surface area contributed by atoms with E-state index in [1.54, 1.807) is 0 Å². The lowest BCUT2D eigenvalue weighted by atomic mass is 10.1. The van der Waals surface area contributed by atoms with Gasteiger partial charge < -0.3 is 0 Å². The Hall–Kier alpha value is -0.930. The van der Waals surface area contributed by atoms with E-state index in [0.29, 0.717) is 11.8 Å². The molecule has 0 radical (unpaired) electrons. The van der Waals surface area contributed by atoms with E-state index in [1.807, 2.05) is 30.5 Å². The molecule has 0 atom stereocenters. The van der Waals surface area contributed by atoms with E-state index in [0.717, 1.165) is 27.1 Å². The van der Waals surface area contributed by atoms with Crippen LogP contribution >= 0.6 is 27.5 Å². The Kier molecular flexibility index (Phi) is 4.36. The molecule has 1 aromatic carbocycles. The van der Waals surface area contributed by atoms with Gasteiger partial charge in [0, 0.05) is 21.8 Å². The monoisotopic (exact) mass is 324 g/mol. The summed E-state index contributed by atoms with van der Waals surface area (Å²) < 4.78 is 1.05. The molecule has 0 bridgehead atoms. The van der Waals surface area contributed by atoms with Gasteiger partial charge in [-0.05, 0) is 18.1 Å². The molecule has 1 aromatic heterocycles. The molecule has 0 N–H and O–H groups in total. The predicted octanol–water partition coefficient (Wildman–Crippen LogP) is 4.77. The minimum atomic E-state index is 0.343. The number of nitrogens with zero attached hydrogens (tertiary/aromatic N) is 2. The summed E-state index contributed by atoms with van der Waals surface area (Å²) in [5, 5.41) is 0. The molecule has 0 spiro atoms. The van der Waals surface area contributed by atoms with E-state index in [-0.39, 0.29) is 0 Å². The predicted molar refractivity (Wildman–Crippen MR) is 78.8 cm³/mol. The highest BCUT2D eigenvalue weighted by molar-refractivity contribution is 9.10. The lowest BCUT2D eigenvalue weighted by molar-refractivity contribution is 0.801. The zero-order valence-electron chi connectivity index (χ0n) is 10.3. The summed E-state index contributed by atoms with van der Waals surface area (Å²) in [5.41, 5.74) is 3.05. The lowest BCUT2D eigenvalue weighted by Crippen LogP contribution is -2.02. The zero-order chi connectivity index (χ0) is 13.1. The van der Waals surface area contributed by atoms with E-state index >= 15 is 0 Å². The van der Waals surface area contributed by atoms with Crippen molar-refractivity contribution in [3.05, 3.63) is 46.2 Å². The number of halogens is 2. The first-order valence-electron chi connectivity index (χ1n) is 5.79. The molecule has 94 valence electrons. The summed E-state index contributed by atoms with van der Waals surface area (Å²) in [4.78, 5) is 9.01. The zero-order valence-corrected chi connectivity index (χ0v) is 12.7. The molecule has 2 nitrogen and oxygen atoms in total. The van der Waals surface area contributed by atoms with Crippen LogP contribution in [0.25, 0.3) is 11.4 Å². The molecule has 0 aliphatic heterocycles. The summed E-state index contributed by atoms with van der Waals surface area (Å²) >= 11 is 9.33. The highest BCUT2D eigenvalue weighted by Crippen LogP contribution is 2.23. The molecule has 0 unspecified atom stereocenters. The molecule has 2 rings (SSSR count). The highest BCUT2D eigenvalue weighted by atomic mass is 79.9. The Labute approximate surface area is 121 Å². The third-order valence-electron chi connectivity index (χ3n) is 2.69. The Morgan fingerprint density at radius 1 is 1.22 bits per heavy atom. The van der Waals surface area contributed by atoms with Crippen LogP contribution in [0.1, 0.15) is 31.0 Å². The van der Waals surface area contributed by atoms with Crippen molar-refractivity contribution >= 4 is 27.5 Å². The Morgan fingerprint density at radius 3 is 2.44 bits per heavy atom. The van der Waals surface area contributed by atoms with Gasteiger partial charge in [-0.25, -0.2) is 9.97 Å². The summed E-state index contributed by atoms with van der Waals surface area (Å²) in [6, 6.07) is 7.99. The van der Waals surface area contributed by atoms with Crippen LogP contribution in [0.15, 0.2) is 34.9 Å². The minimum absolute atomic E-state index is 0.343. The molecule has 0 aliphatic carbocycles. The summed E-state index contributed by atoms with van der Waals surface area (Å²) in [7, 11) is 0. The SMILES string of the molecule is CC(C)c1nc(-c2ccc(Br)cc2)ncc1CCl. The molecule has 0 saturated carbocycles. The van der Waals surface area contributed by atoms with Crippen LogP contribution in [0.2, 0.25) is 0 Å². The van der Waals surface area contributed by atoms with Crippen molar-refractivity contribution in [2.24, 2.45) is 0 Å². The maximum atomic E-state index is 5.91. The second-order valence-corrected chi connectivity index (χ2v) is 5.58. The lowest BCUT2D eigenvalue weighted by Gasteiger charge is -2.11. The van der Waals surface area contributed by atoms with Gasteiger partial charge in [0.2, 0.25) is 0 Å². The number of hydrogen-bond acceptors (Lipinski definition) is 2. The molecule has 2 aromatic rings. The van der Waals surface area contributed by atoms with Gasteiger partial charge in [-0.15, -0.1) is 11.6 Å². The molecule has 1 heterocycles. The third kappa shape index (κ3) is 2.90. The topological polar surface area (TPSA) is 25.8 Å². The van der Waals surface area contributed by atoms with Crippen LogP contribution in [0, 0.1) is 0 Å². The molecule has 0 fully saturated rings. The largest absolute Gasteiger partial charge is 0.236 e. The van der Waals surface area contributed by atoms with Crippen molar-refractivity contribution in [1.29, 1.82) is 0 Å². The van der Waals surface area contributed by atoms with E-state index in [9.17, 15) is 0 Å². The minimum Gasteiger partial charge on any atom is -0.236 e. The average Bonchev–Trinajstić information content (AvgIpc) is 2.39. The second kappa shape index (κ2) is 5.81. The Morgan fingerprint density at radius 2 is 1.89 bits per heavy atom. The van der Waals surface area contributed by atoms with Crippen LogP contribution in [0.5, 0.6) is 0 Å². The standard InChI is InChI=1S/C14H14BrClN2/c1-9(2)13-11(7-16)8-17-14(18-13)10-3-5-12(15)6-4-10/h3-6,8-9H,7H2,1-2H3. The van der Waals surface area contributed by atoms with Crippen molar-refractivity contribution in [3.63, 3.8) is 0 Å². The fraction of sp³-hybridized carbons (Fsp3) is 0.286. The van der Waals surface area contributed by atoms with Gasteiger partial charge in [0.1, 0.15) is 0 Å². The van der Waals surface area contributed by atoms with Crippen LogP contribution in [0.3, 0.4) is 0 Å². The summed E-state index contributed by atoms with van der Waals surface area (Å²) in [6.07, 6.45) is 1.83. The van der Waals surface area contributed by atoms with Gasteiger partial charge in [0.25, 0.3) is 0 Å². The number of hydrogen-bond donors (Lipinski definition) is 0. The molecule has 18 heavy (non-hydrogen) atoms. The van der Waals surface area contributed by atoms with Gasteiger partial charge in [-0.3, -0.25) is 0 Å². The van der Waals surface area contributed by atoms with Crippen LogP contribution in [0.4, 0.5) is 0 Å². The van der Waals surface area contributed by atoms with Crippen molar-refractivity contribution in [2.75, 3.05) is 0 Å². The summed E-state index contributed by atoms with van der Waals surface area (Å²) in [5.74, 6) is 1.55. The van der Waals surface area contributed by atoms with E-state index in [2.05, 4.69) is 39.7 Å². The molecule has 0 amide bonds. The molecular weight excluding hydrogens is 312 g/mol. The normalized spacial score (nSPS) is 10.9. The van der Waals surface area contributed by atoms with E-state index in [4.69, 9.17) is 11.6 Å². The van der Waals surface area contributed by atoms with Gasteiger partial charge in [-0.1, -0.05) is 41.9 Å². The van der Waals surface area contributed by atoms with Gasteiger partial charge >= 0.3 is 0 Å². The maximum absolute atomic E-state index is 5.91. The maximum Gasteiger partial charge on any atom is 0.159 e. The number of benzene rings is 1. The smallest absolute Gasteiger partial charge is 0.159 e. The Balaban J connectivity index is 2.46. The number of rotatable bonds is 3. The van der Waals surface area contributed by atoms with Gasteiger partial charge in [0.15, 0.2) is 5.82 Å². The fourth-order valence-corrected chi connectivity index (χ4v) is 2.23. The van der Waals surface area contributed by atoms with E-state index < -0.39 is 0 Å². The quantitative estimate of drug-likeness (QED) is 0.760. The second-order valence-electron chi connectivity index (χ2n) is 4.40. The molecule has 0 saturated heterocycles. The molecule has 4 heteroatoms. The third-order valence-corrected chi connectivity index (χ3v) is 3.51. The average molecular weight is 326 g/mol. The summed E-state index contributed by atoms with van der Waals surface area (Å²) in [6.45, 7) is 4.23. The Bertz CT molecular complexity index is 538. The highest BCUT2D eigenvalue weighted by Gasteiger charge is 2.11. The van der Waals surface area contributed by atoms with Crippen molar-refractivity contribution in [2.45, 2.75) is 25.6 Å². The van der Waals surface area contributed by atoms with Crippen LogP contribution in [-0.4, -0.2) is 9.97 Å². The van der Waals surface area contributed by atoms with Crippen LogP contribution < -0.4 is 0 Å². The molecule has 0 aliphatic rings. The van der Waals surface area contributed by atoms with Crippen LogP contribution in [-0.2, 0) is 5.88 Å². The first kappa shape index (κ1) is 13.5. The van der Waals surface area contributed by atoms with Gasteiger partial charge in [-0.2, -0.15) is 0 Å². The van der Waals surface area contributed by atoms with Crippen molar-refractivity contribution in [1.82, 2.24) is 9.97 Å².